The van der Waals surface area contributed by atoms with Crippen molar-refractivity contribution in [2.45, 2.75) is 0 Å². The van der Waals surface area contributed by atoms with Crippen molar-refractivity contribution in [3.05, 3.63) is 28.8 Å². The molecule has 1 aliphatic rings. The summed E-state index contributed by atoms with van der Waals surface area (Å²) in [5, 5.41) is 0.203. The summed E-state index contributed by atoms with van der Waals surface area (Å²) < 4.78 is 10.1. The molecule has 0 bridgehead atoms. The van der Waals surface area contributed by atoms with Crippen molar-refractivity contribution in [2.24, 2.45) is 0 Å². The molecule has 6 nitrogen and oxygen atoms in total. The molecule has 1 fully saturated rings. The molecule has 0 aliphatic carbocycles. The molecule has 1 heterocycles. The standard InChI is InChI=1S/C13H15ClN2O4/c14-9-2-1-3-10(15)12(9)13(18)20-8-11(17)16-4-6-19-7-5-16/h1-3H,4-8,15H2. The number of carbonyl (C=O) groups is 2. The van der Waals surface area contributed by atoms with Crippen LogP contribution in [0.2, 0.25) is 5.02 Å². The van der Waals surface area contributed by atoms with E-state index in [0.29, 0.717) is 26.3 Å². The predicted molar refractivity (Wildman–Crippen MR) is 73.5 cm³/mol. The molecule has 7 heteroatoms. The highest BCUT2D eigenvalue weighted by Gasteiger charge is 2.20. The molecule has 0 saturated carbocycles. The van der Waals surface area contributed by atoms with E-state index in [1.807, 2.05) is 0 Å². The fraction of sp³-hybridized carbons (Fsp3) is 0.385. The molecule has 0 atom stereocenters. The van der Waals surface area contributed by atoms with Crippen LogP contribution < -0.4 is 5.73 Å². The van der Waals surface area contributed by atoms with Crippen LogP contribution in [0.25, 0.3) is 0 Å². The maximum Gasteiger partial charge on any atom is 0.342 e. The number of hydrogen-bond acceptors (Lipinski definition) is 5. The molecule has 1 aromatic carbocycles. The van der Waals surface area contributed by atoms with E-state index in [1.165, 1.54) is 6.07 Å². The number of benzene rings is 1. The molecule has 2 N–H and O–H groups in total. The van der Waals surface area contributed by atoms with Gasteiger partial charge in [-0.1, -0.05) is 17.7 Å². The number of carbonyl (C=O) groups excluding carboxylic acids is 2. The quantitative estimate of drug-likeness (QED) is 0.663. The van der Waals surface area contributed by atoms with E-state index in [4.69, 9.17) is 26.8 Å². The molecule has 0 unspecified atom stereocenters. The number of esters is 1. The number of ether oxygens (including phenoxy) is 2. The van der Waals surface area contributed by atoms with Gasteiger partial charge in [-0.25, -0.2) is 4.79 Å². The van der Waals surface area contributed by atoms with Gasteiger partial charge in [0.05, 0.1) is 18.2 Å². The van der Waals surface area contributed by atoms with Crippen LogP contribution in [0.1, 0.15) is 10.4 Å². The van der Waals surface area contributed by atoms with Gasteiger partial charge in [0, 0.05) is 18.8 Å². The number of rotatable bonds is 3. The lowest BCUT2D eigenvalue weighted by atomic mass is 10.2. The van der Waals surface area contributed by atoms with Gasteiger partial charge in [-0.15, -0.1) is 0 Å². The van der Waals surface area contributed by atoms with Gasteiger partial charge in [-0.05, 0) is 12.1 Å². The van der Waals surface area contributed by atoms with E-state index in [1.54, 1.807) is 17.0 Å². The third-order valence-electron chi connectivity index (χ3n) is 2.94. The molecule has 0 spiro atoms. The lowest BCUT2D eigenvalue weighted by Gasteiger charge is -2.26. The van der Waals surface area contributed by atoms with Crippen molar-refractivity contribution >= 4 is 29.2 Å². The fourth-order valence-corrected chi connectivity index (χ4v) is 2.12. The number of anilines is 1. The summed E-state index contributed by atoms with van der Waals surface area (Å²) in [6.07, 6.45) is 0. The smallest absolute Gasteiger partial charge is 0.342 e. The zero-order valence-corrected chi connectivity index (χ0v) is 11.6. The summed E-state index contributed by atoms with van der Waals surface area (Å²) in [7, 11) is 0. The van der Waals surface area contributed by atoms with Crippen molar-refractivity contribution < 1.29 is 19.1 Å². The fourth-order valence-electron chi connectivity index (χ4n) is 1.86. The second-order valence-electron chi connectivity index (χ2n) is 4.27. The average Bonchev–Trinajstić information content (AvgIpc) is 2.45. The molecule has 1 aromatic rings. The second kappa shape index (κ2) is 6.58. The largest absolute Gasteiger partial charge is 0.452 e. The van der Waals surface area contributed by atoms with Crippen LogP contribution in [0.3, 0.4) is 0 Å². The van der Waals surface area contributed by atoms with Gasteiger partial charge in [0.1, 0.15) is 5.56 Å². The SMILES string of the molecule is Nc1cccc(Cl)c1C(=O)OCC(=O)N1CCOCC1. The van der Waals surface area contributed by atoms with Crippen LogP contribution in [0, 0.1) is 0 Å². The minimum Gasteiger partial charge on any atom is -0.452 e. The lowest BCUT2D eigenvalue weighted by molar-refractivity contribution is -0.138. The second-order valence-corrected chi connectivity index (χ2v) is 4.68. The molecule has 0 aromatic heterocycles. The Morgan fingerprint density at radius 3 is 2.70 bits per heavy atom. The normalized spacial score (nSPS) is 14.9. The summed E-state index contributed by atoms with van der Waals surface area (Å²) in [6.45, 7) is 1.67. The van der Waals surface area contributed by atoms with E-state index >= 15 is 0 Å². The van der Waals surface area contributed by atoms with Gasteiger partial charge in [0.2, 0.25) is 0 Å². The zero-order chi connectivity index (χ0) is 14.5. The van der Waals surface area contributed by atoms with Crippen LogP contribution in [-0.4, -0.2) is 49.7 Å². The summed E-state index contributed by atoms with van der Waals surface area (Å²) in [4.78, 5) is 25.3. The Balaban J connectivity index is 1.93. The van der Waals surface area contributed by atoms with Gasteiger partial charge >= 0.3 is 5.97 Å². The monoisotopic (exact) mass is 298 g/mol. The minimum atomic E-state index is -0.699. The molecule has 108 valence electrons. The molecule has 2 rings (SSSR count). The van der Waals surface area contributed by atoms with Crippen LogP contribution in [0.15, 0.2) is 18.2 Å². The van der Waals surface area contributed by atoms with E-state index in [-0.39, 0.29) is 28.8 Å². The maximum absolute atomic E-state index is 11.9. The molecule has 20 heavy (non-hydrogen) atoms. The van der Waals surface area contributed by atoms with Crippen molar-refractivity contribution in [1.29, 1.82) is 0 Å². The Kier molecular flexibility index (Phi) is 4.81. The van der Waals surface area contributed by atoms with Crippen LogP contribution in [0.5, 0.6) is 0 Å². The van der Waals surface area contributed by atoms with Crippen LogP contribution in [-0.2, 0) is 14.3 Å². The molecule has 1 amide bonds. The zero-order valence-electron chi connectivity index (χ0n) is 10.8. The highest BCUT2D eigenvalue weighted by atomic mass is 35.5. The topological polar surface area (TPSA) is 81.9 Å². The van der Waals surface area contributed by atoms with Crippen molar-refractivity contribution in [2.75, 3.05) is 38.6 Å². The highest BCUT2D eigenvalue weighted by Crippen LogP contribution is 2.22. The molecule has 0 radical (unpaired) electrons. The van der Waals surface area contributed by atoms with Gasteiger partial charge in [-0.2, -0.15) is 0 Å². The Labute approximate surface area is 121 Å². The Morgan fingerprint density at radius 1 is 1.35 bits per heavy atom. The number of nitrogens with two attached hydrogens (primary N) is 1. The highest BCUT2D eigenvalue weighted by molar-refractivity contribution is 6.34. The third-order valence-corrected chi connectivity index (χ3v) is 3.26. The first-order chi connectivity index (χ1) is 9.59. The Morgan fingerprint density at radius 2 is 2.05 bits per heavy atom. The van der Waals surface area contributed by atoms with E-state index < -0.39 is 5.97 Å². The summed E-state index contributed by atoms with van der Waals surface area (Å²) in [5.41, 5.74) is 5.98. The molecular formula is C13H15ClN2O4. The third kappa shape index (κ3) is 3.40. The molecular weight excluding hydrogens is 284 g/mol. The van der Waals surface area contributed by atoms with E-state index in [9.17, 15) is 9.59 Å². The summed E-state index contributed by atoms with van der Waals surface area (Å²) >= 11 is 5.90. The number of halogens is 1. The Hall–Kier alpha value is -1.79. The van der Waals surface area contributed by atoms with Gasteiger partial charge in [0.15, 0.2) is 6.61 Å². The first-order valence-electron chi connectivity index (χ1n) is 6.16. The number of amides is 1. The maximum atomic E-state index is 11.9. The average molecular weight is 299 g/mol. The van der Waals surface area contributed by atoms with Crippen LogP contribution in [0.4, 0.5) is 5.69 Å². The van der Waals surface area contributed by atoms with Crippen molar-refractivity contribution in [3.63, 3.8) is 0 Å². The number of hydrogen-bond donors (Lipinski definition) is 1. The van der Waals surface area contributed by atoms with Gasteiger partial charge < -0.3 is 20.1 Å². The predicted octanol–water partition coefficient (Wildman–Crippen LogP) is 0.938. The minimum absolute atomic E-state index is 0.0870. The first-order valence-corrected chi connectivity index (χ1v) is 6.54. The van der Waals surface area contributed by atoms with Gasteiger partial charge in [0.25, 0.3) is 5.91 Å². The number of morpholine rings is 1. The lowest BCUT2D eigenvalue weighted by Crippen LogP contribution is -2.42. The van der Waals surface area contributed by atoms with Gasteiger partial charge in [-0.3, -0.25) is 4.79 Å². The first kappa shape index (κ1) is 14.6. The van der Waals surface area contributed by atoms with E-state index in [2.05, 4.69) is 0 Å². The van der Waals surface area contributed by atoms with Crippen LogP contribution >= 0.6 is 11.6 Å². The molecule has 1 saturated heterocycles. The summed E-state index contributed by atoms with van der Waals surface area (Å²) in [5.74, 6) is -0.956. The summed E-state index contributed by atoms with van der Waals surface area (Å²) in [6, 6.07) is 4.72. The van der Waals surface area contributed by atoms with Crippen molar-refractivity contribution in [1.82, 2.24) is 4.90 Å². The van der Waals surface area contributed by atoms with E-state index in [0.717, 1.165) is 0 Å². The molecule has 1 aliphatic heterocycles. The number of nitrogen functional groups attached to an aromatic ring is 1. The Bertz CT molecular complexity index is 495. The van der Waals surface area contributed by atoms with Crippen molar-refractivity contribution in [3.8, 4) is 0 Å². The number of nitrogens with zero attached hydrogens (tertiary/aromatic N) is 1.